The van der Waals surface area contributed by atoms with Gasteiger partial charge in [-0.2, -0.15) is 19.5 Å². The predicted molar refractivity (Wildman–Crippen MR) is 131 cm³/mol. The van der Waals surface area contributed by atoms with E-state index in [2.05, 4.69) is 37.1 Å². The molecule has 1 atom stereocenters. The zero-order chi connectivity index (χ0) is 23.9. The molecule has 11 heteroatoms. The number of amides is 1. The van der Waals surface area contributed by atoms with E-state index in [1.54, 1.807) is 6.07 Å². The Morgan fingerprint density at radius 3 is 2.54 bits per heavy atom. The Labute approximate surface area is 202 Å². The van der Waals surface area contributed by atoms with Gasteiger partial charge in [-0.3, -0.25) is 4.79 Å². The van der Waals surface area contributed by atoms with E-state index >= 15 is 0 Å². The van der Waals surface area contributed by atoms with Gasteiger partial charge in [0.25, 0.3) is 5.78 Å². The third-order valence-electron chi connectivity index (χ3n) is 6.69. The number of fused-ring (bicyclic) bond motifs is 1. The van der Waals surface area contributed by atoms with Gasteiger partial charge in [0.2, 0.25) is 23.6 Å². The second-order valence-corrected chi connectivity index (χ2v) is 8.94. The summed E-state index contributed by atoms with van der Waals surface area (Å²) in [4.78, 5) is 33.3. The molecule has 4 aromatic rings. The molecule has 0 radical (unpaired) electrons. The van der Waals surface area contributed by atoms with E-state index in [1.165, 1.54) is 10.2 Å². The molecular formula is C24H27N9O2. The Balaban J connectivity index is 1.20. The summed E-state index contributed by atoms with van der Waals surface area (Å²) in [6, 6.07) is 13.7. The molecule has 0 spiro atoms. The standard InChI is InChI=1S/C24H27N9O2/c1-16-9-10-19(35-16)20-26-24-28-23(27-22(25)33(24)29-20)32-11-5-8-18(32)21(34)31-14-12-30(13-15-31)17-6-3-2-4-7-17/h2-4,6-7,9-10,18H,5,8,11-15H2,1H3,(H2,25,26,27,28,29)/t18-/m0/s1. The highest BCUT2D eigenvalue weighted by atomic mass is 16.3. The zero-order valence-electron chi connectivity index (χ0n) is 19.5. The molecule has 180 valence electrons. The molecule has 2 saturated heterocycles. The average molecular weight is 474 g/mol. The van der Waals surface area contributed by atoms with Gasteiger partial charge in [0, 0.05) is 38.4 Å². The summed E-state index contributed by atoms with van der Waals surface area (Å²) < 4.78 is 7.02. The number of carbonyl (C=O) groups is 1. The molecule has 6 rings (SSSR count). The lowest BCUT2D eigenvalue weighted by molar-refractivity contribution is -0.132. The Hall–Kier alpha value is -4.15. The van der Waals surface area contributed by atoms with Crippen LogP contribution in [0.15, 0.2) is 46.9 Å². The molecule has 0 bridgehead atoms. The summed E-state index contributed by atoms with van der Waals surface area (Å²) >= 11 is 0. The first-order valence-corrected chi connectivity index (χ1v) is 11.9. The Kier molecular flexibility index (Phi) is 5.24. The van der Waals surface area contributed by atoms with Gasteiger partial charge >= 0.3 is 0 Å². The summed E-state index contributed by atoms with van der Waals surface area (Å²) in [5.74, 6) is 2.71. The number of hydrogen-bond donors (Lipinski definition) is 1. The fourth-order valence-electron chi connectivity index (χ4n) is 4.88. The monoisotopic (exact) mass is 473 g/mol. The number of aromatic nitrogens is 5. The maximum atomic E-state index is 13.5. The SMILES string of the molecule is Cc1ccc(-c2nc3nc(N4CCC[C@H]4C(=O)N4CCN(c5ccccc5)CC4)nc(N)n3n2)o1. The molecule has 5 heterocycles. The van der Waals surface area contributed by atoms with Gasteiger partial charge in [-0.1, -0.05) is 18.2 Å². The minimum absolute atomic E-state index is 0.116. The number of piperazine rings is 1. The van der Waals surface area contributed by atoms with Gasteiger partial charge in [-0.25, -0.2) is 0 Å². The molecule has 2 aliphatic heterocycles. The van der Waals surface area contributed by atoms with Crippen LogP contribution >= 0.6 is 0 Å². The first-order chi connectivity index (χ1) is 17.1. The molecule has 2 aliphatic rings. The maximum absolute atomic E-state index is 13.5. The van der Waals surface area contributed by atoms with Crippen molar-refractivity contribution in [2.24, 2.45) is 0 Å². The van der Waals surface area contributed by atoms with Crippen molar-refractivity contribution in [1.29, 1.82) is 0 Å². The van der Waals surface area contributed by atoms with Crippen LogP contribution in [-0.2, 0) is 4.79 Å². The number of carbonyl (C=O) groups excluding carboxylic acids is 1. The predicted octanol–water partition coefficient (Wildman–Crippen LogP) is 1.99. The van der Waals surface area contributed by atoms with E-state index in [0.29, 0.717) is 42.9 Å². The highest BCUT2D eigenvalue weighted by molar-refractivity contribution is 5.85. The largest absolute Gasteiger partial charge is 0.458 e. The summed E-state index contributed by atoms with van der Waals surface area (Å²) in [5, 5.41) is 4.39. The molecule has 0 saturated carbocycles. The highest BCUT2D eigenvalue weighted by Crippen LogP contribution is 2.27. The molecule has 2 N–H and O–H groups in total. The second kappa shape index (κ2) is 8.57. The smallest absolute Gasteiger partial charge is 0.259 e. The van der Waals surface area contributed by atoms with E-state index < -0.39 is 0 Å². The van der Waals surface area contributed by atoms with E-state index in [0.717, 1.165) is 31.7 Å². The first-order valence-electron chi connectivity index (χ1n) is 11.9. The summed E-state index contributed by atoms with van der Waals surface area (Å²) in [5.41, 5.74) is 7.40. The zero-order valence-corrected chi connectivity index (χ0v) is 19.5. The van der Waals surface area contributed by atoms with Crippen molar-refractivity contribution in [3.8, 4) is 11.6 Å². The molecule has 1 amide bonds. The van der Waals surface area contributed by atoms with Crippen molar-refractivity contribution >= 4 is 29.3 Å². The number of nitrogens with zero attached hydrogens (tertiary/aromatic N) is 8. The number of nitrogens with two attached hydrogens (primary N) is 1. The molecule has 11 nitrogen and oxygen atoms in total. The number of furan rings is 1. The number of anilines is 3. The van der Waals surface area contributed by atoms with E-state index in [4.69, 9.17) is 10.2 Å². The van der Waals surface area contributed by atoms with Gasteiger partial charge in [-0.15, -0.1) is 5.10 Å². The number of nitrogen functional groups attached to an aromatic ring is 1. The lowest BCUT2D eigenvalue weighted by Crippen LogP contribution is -2.54. The average Bonchev–Trinajstić information content (AvgIpc) is 3.63. The van der Waals surface area contributed by atoms with Gasteiger partial charge in [0.15, 0.2) is 5.76 Å². The fourth-order valence-corrected chi connectivity index (χ4v) is 4.88. The number of rotatable bonds is 4. The van der Waals surface area contributed by atoms with Gasteiger partial charge < -0.3 is 24.9 Å². The van der Waals surface area contributed by atoms with Crippen LogP contribution < -0.4 is 15.5 Å². The molecule has 35 heavy (non-hydrogen) atoms. The number of para-hydroxylation sites is 1. The summed E-state index contributed by atoms with van der Waals surface area (Å²) in [7, 11) is 0. The third kappa shape index (κ3) is 3.92. The van der Waals surface area contributed by atoms with E-state index in [-0.39, 0.29) is 17.9 Å². The van der Waals surface area contributed by atoms with E-state index in [9.17, 15) is 4.79 Å². The first kappa shape index (κ1) is 21.4. The van der Waals surface area contributed by atoms with E-state index in [1.807, 2.05) is 41.0 Å². The van der Waals surface area contributed by atoms with Crippen LogP contribution in [0, 0.1) is 6.92 Å². The van der Waals surface area contributed by atoms with Crippen LogP contribution in [0.2, 0.25) is 0 Å². The van der Waals surface area contributed by atoms with Crippen molar-refractivity contribution in [3.05, 3.63) is 48.2 Å². The van der Waals surface area contributed by atoms with Crippen molar-refractivity contribution in [2.45, 2.75) is 25.8 Å². The summed E-state index contributed by atoms with van der Waals surface area (Å²) in [6.45, 7) is 5.55. The molecule has 3 aromatic heterocycles. The fraction of sp³-hybridized carbons (Fsp3) is 0.375. The number of aryl methyl sites for hydroxylation is 1. The van der Waals surface area contributed by atoms with Crippen molar-refractivity contribution in [2.75, 3.05) is 48.3 Å². The van der Waals surface area contributed by atoms with Crippen LogP contribution in [0.4, 0.5) is 17.6 Å². The van der Waals surface area contributed by atoms with Gasteiger partial charge in [0.05, 0.1) is 0 Å². The Morgan fingerprint density at radius 1 is 1.00 bits per heavy atom. The maximum Gasteiger partial charge on any atom is 0.259 e. The number of benzene rings is 1. The topological polar surface area (TPSA) is 122 Å². The van der Waals surface area contributed by atoms with Crippen LogP contribution in [0.3, 0.4) is 0 Å². The van der Waals surface area contributed by atoms with Crippen molar-refractivity contribution < 1.29 is 9.21 Å². The third-order valence-corrected chi connectivity index (χ3v) is 6.69. The minimum atomic E-state index is -0.310. The lowest BCUT2D eigenvalue weighted by atomic mass is 10.1. The van der Waals surface area contributed by atoms with Gasteiger partial charge in [-0.05, 0) is 44.0 Å². The van der Waals surface area contributed by atoms with Crippen LogP contribution in [0.5, 0.6) is 0 Å². The highest BCUT2D eigenvalue weighted by Gasteiger charge is 2.37. The molecule has 2 fully saturated rings. The summed E-state index contributed by atoms with van der Waals surface area (Å²) in [6.07, 6.45) is 1.65. The Morgan fingerprint density at radius 2 is 1.80 bits per heavy atom. The quantitative estimate of drug-likeness (QED) is 0.474. The molecule has 1 aromatic carbocycles. The van der Waals surface area contributed by atoms with Crippen LogP contribution in [0.25, 0.3) is 17.4 Å². The van der Waals surface area contributed by atoms with Gasteiger partial charge in [0.1, 0.15) is 11.8 Å². The molecular weight excluding hydrogens is 446 g/mol. The molecule has 0 aliphatic carbocycles. The second-order valence-electron chi connectivity index (χ2n) is 8.94. The molecule has 0 unspecified atom stereocenters. The normalized spacial score (nSPS) is 18.5. The van der Waals surface area contributed by atoms with Crippen molar-refractivity contribution in [3.63, 3.8) is 0 Å². The van der Waals surface area contributed by atoms with Crippen molar-refractivity contribution in [1.82, 2.24) is 29.5 Å². The van der Waals surface area contributed by atoms with Crippen LogP contribution in [-0.4, -0.2) is 74.1 Å². The Bertz CT molecular complexity index is 1360. The number of hydrogen-bond acceptors (Lipinski definition) is 9. The van der Waals surface area contributed by atoms with Crippen LogP contribution in [0.1, 0.15) is 18.6 Å². The minimum Gasteiger partial charge on any atom is -0.458 e. The lowest BCUT2D eigenvalue weighted by Gasteiger charge is -2.38.